The van der Waals surface area contributed by atoms with Crippen LogP contribution in [0, 0.1) is 5.41 Å². The molecule has 5 nitrogen and oxygen atoms in total. The van der Waals surface area contributed by atoms with Crippen LogP contribution in [0.4, 0.5) is 0 Å². The molecule has 0 amide bonds. The first kappa shape index (κ1) is 11.2. The monoisotopic (exact) mass is 189 g/mol. The number of thioether (sulfide) groups is 1. The second kappa shape index (κ2) is 5.84. The van der Waals surface area contributed by atoms with E-state index >= 15 is 0 Å². The van der Waals surface area contributed by atoms with Crippen LogP contribution in [0.25, 0.3) is 0 Å². The summed E-state index contributed by atoms with van der Waals surface area (Å²) < 4.78 is 0. The van der Waals surface area contributed by atoms with Gasteiger partial charge in [0.05, 0.1) is 0 Å². The Hall–Kier alpha value is -0.750. The number of nitrogens with one attached hydrogen (secondary N) is 1. The molecule has 0 aliphatic rings. The van der Waals surface area contributed by atoms with Crippen LogP contribution in [0.3, 0.4) is 0 Å². The number of rotatable bonds is 3. The Kier molecular flexibility index (Phi) is 5.48. The SMILES string of the molecule is CN(C)CCSC(=N)N=C(N)N. The highest BCUT2D eigenvalue weighted by Crippen LogP contribution is 2.02. The molecule has 0 aromatic rings. The Morgan fingerprint density at radius 3 is 2.50 bits per heavy atom. The van der Waals surface area contributed by atoms with Gasteiger partial charge in [-0.05, 0) is 14.1 Å². The van der Waals surface area contributed by atoms with E-state index in [1.54, 1.807) is 0 Å². The van der Waals surface area contributed by atoms with Crippen LogP contribution >= 0.6 is 11.8 Å². The summed E-state index contributed by atoms with van der Waals surface area (Å²) in [7, 11) is 3.95. The Morgan fingerprint density at radius 2 is 2.08 bits per heavy atom. The Morgan fingerprint density at radius 1 is 1.50 bits per heavy atom. The van der Waals surface area contributed by atoms with Gasteiger partial charge in [0.25, 0.3) is 0 Å². The molecule has 0 aliphatic carbocycles. The molecule has 0 atom stereocenters. The smallest absolute Gasteiger partial charge is 0.193 e. The van der Waals surface area contributed by atoms with E-state index in [-0.39, 0.29) is 11.1 Å². The molecular formula is C6H15N5S. The van der Waals surface area contributed by atoms with Gasteiger partial charge in [-0.3, -0.25) is 5.41 Å². The van der Waals surface area contributed by atoms with Gasteiger partial charge in [0.2, 0.25) is 0 Å². The molecule has 0 heterocycles. The number of hydrogen-bond donors (Lipinski definition) is 3. The summed E-state index contributed by atoms with van der Waals surface area (Å²) in [5.74, 6) is 0.764. The van der Waals surface area contributed by atoms with E-state index in [1.807, 2.05) is 19.0 Å². The first-order valence-corrected chi connectivity index (χ1v) is 4.46. The van der Waals surface area contributed by atoms with Gasteiger partial charge >= 0.3 is 0 Å². The fourth-order valence-corrected chi connectivity index (χ4v) is 1.29. The molecule has 0 aliphatic heterocycles. The zero-order valence-corrected chi connectivity index (χ0v) is 8.19. The highest BCUT2D eigenvalue weighted by atomic mass is 32.2. The van der Waals surface area contributed by atoms with Crippen molar-refractivity contribution in [3.63, 3.8) is 0 Å². The molecule has 0 aromatic carbocycles. The van der Waals surface area contributed by atoms with Gasteiger partial charge in [-0.2, -0.15) is 4.99 Å². The summed E-state index contributed by atoms with van der Waals surface area (Å²) in [6, 6.07) is 0. The Labute approximate surface area is 76.7 Å². The highest BCUT2D eigenvalue weighted by molar-refractivity contribution is 8.13. The number of aliphatic imine (C=N–C) groups is 1. The predicted molar refractivity (Wildman–Crippen MR) is 54.5 cm³/mol. The van der Waals surface area contributed by atoms with Crippen molar-refractivity contribution in [2.75, 3.05) is 26.4 Å². The molecule has 0 rings (SSSR count). The minimum atomic E-state index is -0.0580. The van der Waals surface area contributed by atoms with Crippen molar-refractivity contribution in [2.45, 2.75) is 0 Å². The Balaban J connectivity index is 3.52. The number of amidine groups is 1. The van der Waals surface area contributed by atoms with E-state index in [1.165, 1.54) is 11.8 Å². The minimum absolute atomic E-state index is 0.0580. The first-order valence-electron chi connectivity index (χ1n) is 3.48. The summed E-state index contributed by atoms with van der Waals surface area (Å²) in [6.07, 6.45) is 0. The maximum absolute atomic E-state index is 7.26. The quantitative estimate of drug-likeness (QED) is 0.412. The summed E-state index contributed by atoms with van der Waals surface area (Å²) in [6.45, 7) is 0.910. The van der Waals surface area contributed by atoms with Crippen LogP contribution in [-0.4, -0.2) is 42.4 Å². The summed E-state index contributed by atoms with van der Waals surface area (Å²) >= 11 is 1.33. The van der Waals surface area contributed by atoms with Gasteiger partial charge in [0, 0.05) is 12.3 Å². The lowest BCUT2D eigenvalue weighted by molar-refractivity contribution is 0.437. The molecule has 70 valence electrons. The third-order valence-corrected chi connectivity index (χ3v) is 1.76. The van der Waals surface area contributed by atoms with Crippen LogP contribution < -0.4 is 11.5 Å². The van der Waals surface area contributed by atoms with Crippen molar-refractivity contribution in [1.29, 1.82) is 5.41 Å². The molecule has 0 fully saturated rings. The van der Waals surface area contributed by atoms with Crippen molar-refractivity contribution in [2.24, 2.45) is 16.5 Å². The lowest BCUT2D eigenvalue weighted by Crippen LogP contribution is -2.23. The minimum Gasteiger partial charge on any atom is -0.370 e. The van der Waals surface area contributed by atoms with Crippen LogP contribution in [0.15, 0.2) is 4.99 Å². The van der Waals surface area contributed by atoms with E-state index in [0.717, 1.165) is 12.3 Å². The molecular weight excluding hydrogens is 174 g/mol. The van der Waals surface area contributed by atoms with Crippen molar-refractivity contribution < 1.29 is 0 Å². The van der Waals surface area contributed by atoms with Gasteiger partial charge in [-0.1, -0.05) is 11.8 Å². The highest BCUT2D eigenvalue weighted by Gasteiger charge is 1.96. The number of nitrogens with zero attached hydrogens (tertiary/aromatic N) is 2. The molecule has 0 spiro atoms. The fourth-order valence-electron chi connectivity index (χ4n) is 0.474. The summed E-state index contributed by atoms with van der Waals surface area (Å²) in [5, 5.41) is 7.42. The van der Waals surface area contributed by atoms with Crippen LogP contribution in [0.5, 0.6) is 0 Å². The molecule has 0 bridgehead atoms. The van der Waals surface area contributed by atoms with Gasteiger partial charge < -0.3 is 16.4 Å². The van der Waals surface area contributed by atoms with Gasteiger partial charge in [0.15, 0.2) is 11.1 Å². The van der Waals surface area contributed by atoms with Gasteiger partial charge in [0.1, 0.15) is 0 Å². The molecule has 0 saturated heterocycles. The van der Waals surface area contributed by atoms with E-state index in [0.29, 0.717) is 0 Å². The molecule has 12 heavy (non-hydrogen) atoms. The zero-order chi connectivity index (χ0) is 9.56. The lowest BCUT2D eigenvalue weighted by atomic mass is 10.7. The van der Waals surface area contributed by atoms with Gasteiger partial charge in [-0.25, -0.2) is 0 Å². The number of nitrogens with two attached hydrogens (primary N) is 2. The molecule has 5 N–H and O–H groups in total. The normalized spacial score (nSPS) is 9.92. The third kappa shape index (κ3) is 7.36. The third-order valence-electron chi connectivity index (χ3n) is 1.01. The molecule has 0 radical (unpaired) electrons. The zero-order valence-electron chi connectivity index (χ0n) is 7.37. The van der Waals surface area contributed by atoms with Crippen LogP contribution in [-0.2, 0) is 0 Å². The maximum atomic E-state index is 7.26. The predicted octanol–water partition coefficient (Wildman–Crippen LogP) is -0.511. The standard InChI is InChI=1S/C6H15N5S/c1-11(2)3-4-12-6(9)10-5(7)8/h3-4H2,1-2H3,(H5,7,8,9,10). The average molecular weight is 189 g/mol. The first-order chi connectivity index (χ1) is 5.52. The van der Waals surface area contributed by atoms with Crippen molar-refractivity contribution in [3.05, 3.63) is 0 Å². The largest absolute Gasteiger partial charge is 0.370 e. The lowest BCUT2D eigenvalue weighted by Gasteiger charge is -2.07. The van der Waals surface area contributed by atoms with Gasteiger partial charge in [-0.15, -0.1) is 0 Å². The van der Waals surface area contributed by atoms with E-state index in [4.69, 9.17) is 16.9 Å². The van der Waals surface area contributed by atoms with E-state index in [2.05, 4.69) is 4.99 Å². The van der Waals surface area contributed by atoms with Crippen molar-refractivity contribution in [1.82, 2.24) is 4.90 Å². The van der Waals surface area contributed by atoms with Crippen LogP contribution in [0.1, 0.15) is 0 Å². The Bertz CT molecular complexity index is 173. The van der Waals surface area contributed by atoms with Crippen LogP contribution in [0.2, 0.25) is 0 Å². The fraction of sp³-hybridized carbons (Fsp3) is 0.667. The second-order valence-corrected chi connectivity index (χ2v) is 3.58. The summed E-state index contributed by atoms with van der Waals surface area (Å²) in [5.41, 5.74) is 10.2. The average Bonchev–Trinajstić information content (AvgIpc) is 1.84. The maximum Gasteiger partial charge on any atom is 0.193 e. The molecule has 6 heteroatoms. The van der Waals surface area contributed by atoms with Crippen molar-refractivity contribution in [3.8, 4) is 0 Å². The van der Waals surface area contributed by atoms with E-state index < -0.39 is 0 Å². The number of guanidine groups is 1. The molecule has 0 saturated carbocycles. The summed E-state index contributed by atoms with van der Waals surface area (Å²) in [4.78, 5) is 5.61. The van der Waals surface area contributed by atoms with Crippen molar-refractivity contribution >= 4 is 22.9 Å². The second-order valence-electron chi connectivity index (χ2n) is 2.49. The molecule has 0 unspecified atom stereocenters. The topological polar surface area (TPSA) is 91.5 Å². The number of hydrogen-bond acceptors (Lipinski definition) is 3. The molecule has 0 aromatic heterocycles. The van der Waals surface area contributed by atoms with E-state index in [9.17, 15) is 0 Å².